The number of piperazine rings is 1. The molecule has 27 heavy (non-hydrogen) atoms. The van der Waals surface area contributed by atoms with Crippen LogP contribution >= 0.6 is 11.6 Å². The SMILES string of the molecule is CC(C)n1ncc(N2CCN(c3ccc(C(F)(F)F)cn3)CC2)c(Cl)c1=O. The molecule has 1 aliphatic heterocycles. The van der Waals surface area contributed by atoms with Gasteiger partial charge in [0.15, 0.2) is 0 Å². The number of pyridine rings is 1. The Hall–Kier alpha value is -2.29. The van der Waals surface area contributed by atoms with E-state index in [1.54, 1.807) is 6.20 Å². The van der Waals surface area contributed by atoms with E-state index in [9.17, 15) is 18.0 Å². The summed E-state index contributed by atoms with van der Waals surface area (Å²) < 4.78 is 39.3. The minimum atomic E-state index is -4.40. The van der Waals surface area contributed by atoms with Gasteiger partial charge in [0.05, 0.1) is 23.5 Å². The van der Waals surface area contributed by atoms with Crippen molar-refractivity contribution in [2.75, 3.05) is 36.0 Å². The number of aromatic nitrogens is 3. The maximum atomic E-state index is 12.6. The lowest BCUT2D eigenvalue weighted by Gasteiger charge is -2.36. The molecule has 2 aromatic rings. The van der Waals surface area contributed by atoms with E-state index in [1.807, 2.05) is 23.6 Å². The molecule has 0 amide bonds. The van der Waals surface area contributed by atoms with Crippen molar-refractivity contribution in [3.05, 3.63) is 45.5 Å². The van der Waals surface area contributed by atoms with Crippen molar-refractivity contribution in [3.63, 3.8) is 0 Å². The van der Waals surface area contributed by atoms with Crippen molar-refractivity contribution in [1.82, 2.24) is 14.8 Å². The number of anilines is 2. The lowest BCUT2D eigenvalue weighted by molar-refractivity contribution is -0.137. The van der Waals surface area contributed by atoms with E-state index in [4.69, 9.17) is 11.6 Å². The molecule has 1 saturated heterocycles. The minimum Gasteiger partial charge on any atom is -0.365 e. The van der Waals surface area contributed by atoms with E-state index in [-0.39, 0.29) is 16.6 Å². The molecule has 1 aliphatic rings. The van der Waals surface area contributed by atoms with E-state index >= 15 is 0 Å². The fourth-order valence-electron chi connectivity index (χ4n) is 2.94. The highest BCUT2D eigenvalue weighted by Crippen LogP contribution is 2.30. The zero-order chi connectivity index (χ0) is 19.8. The Morgan fingerprint density at radius 1 is 1.07 bits per heavy atom. The first-order valence-corrected chi connectivity index (χ1v) is 8.86. The molecule has 2 aromatic heterocycles. The number of hydrogen-bond donors (Lipinski definition) is 0. The molecule has 10 heteroatoms. The van der Waals surface area contributed by atoms with Crippen LogP contribution in [-0.4, -0.2) is 40.9 Å². The van der Waals surface area contributed by atoms with Crippen molar-refractivity contribution in [1.29, 1.82) is 0 Å². The van der Waals surface area contributed by atoms with Gasteiger partial charge in [0.2, 0.25) is 0 Å². The second-order valence-electron chi connectivity index (χ2n) is 6.56. The van der Waals surface area contributed by atoms with Crippen LogP contribution in [0.15, 0.2) is 29.3 Å². The van der Waals surface area contributed by atoms with Gasteiger partial charge in [0, 0.05) is 32.4 Å². The summed E-state index contributed by atoms with van der Waals surface area (Å²) in [5.41, 5.74) is -0.539. The van der Waals surface area contributed by atoms with Crippen LogP contribution in [0.2, 0.25) is 5.02 Å². The predicted molar refractivity (Wildman–Crippen MR) is 97.6 cm³/mol. The number of rotatable bonds is 3. The first kappa shape index (κ1) is 19.5. The molecule has 3 rings (SSSR count). The van der Waals surface area contributed by atoms with Gasteiger partial charge in [-0.3, -0.25) is 4.79 Å². The van der Waals surface area contributed by atoms with Crippen LogP contribution < -0.4 is 15.4 Å². The van der Waals surface area contributed by atoms with Crippen molar-refractivity contribution in [2.45, 2.75) is 26.1 Å². The van der Waals surface area contributed by atoms with Gasteiger partial charge in [-0.15, -0.1) is 0 Å². The summed E-state index contributed by atoms with van der Waals surface area (Å²) in [6, 6.07) is 2.31. The van der Waals surface area contributed by atoms with Crippen LogP contribution in [0.3, 0.4) is 0 Å². The van der Waals surface area contributed by atoms with E-state index in [0.29, 0.717) is 37.7 Å². The van der Waals surface area contributed by atoms with Gasteiger partial charge in [-0.1, -0.05) is 11.6 Å². The lowest BCUT2D eigenvalue weighted by Crippen LogP contribution is -2.47. The van der Waals surface area contributed by atoms with Crippen LogP contribution in [-0.2, 0) is 6.18 Å². The fraction of sp³-hybridized carbons (Fsp3) is 0.471. The quantitative estimate of drug-likeness (QED) is 0.790. The third kappa shape index (κ3) is 4.02. The van der Waals surface area contributed by atoms with Gasteiger partial charge in [-0.25, -0.2) is 9.67 Å². The molecule has 0 unspecified atom stereocenters. The molecule has 0 aromatic carbocycles. The molecule has 0 bridgehead atoms. The van der Waals surface area contributed by atoms with Crippen LogP contribution in [0.4, 0.5) is 24.7 Å². The van der Waals surface area contributed by atoms with Crippen molar-refractivity contribution in [3.8, 4) is 0 Å². The Balaban J connectivity index is 1.71. The summed E-state index contributed by atoms with van der Waals surface area (Å²) in [5.74, 6) is 0.488. The summed E-state index contributed by atoms with van der Waals surface area (Å²) in [4.78, 5) is 20.1. The van der Waals surface area contributed by atoms with Gasteiger partial charge >= 0.3 is 6.18 Å². The summed E-state index contributed by atoms with van der Waals surface area (Å²) in [6.45, 7) is 5.88. The maximum Gasteiger partial charge on any atom is 0.417 e. The Morgan fingerprint density at radius 2 is 1.70 bits per heavy atom. The van der Waals surface area contributed by atoms with Crippen molar-refractivity contribution in [2.24, 2.45) is 0 Å². The lowest BCUT2D eigenvalue weighted by atomic mass is 10.2. The van der Waals surface area contributed by atoms with Gasteiger partial charge < -0.3 is 9.80 Å². The number of alkyl halides is 3. The van der Waals surface area contributed by atoms with Crippen molar-refractivity contribution < 1.29 is 13.2 Å². The third-order valence-electron chi connectivity index (χ3n) is 4.43. The second kappa shape index (κ2) is 7.38. The largest absolute Gasteiger partial charge is 0.417 e. The normalized spacial score (nSPS) is 15.5. The third-order valence-corrected chi connectivity index (χ3v) is 4.79. The molecular formula is C17H19ClF3N5O. The first-order valence-electron chi connectivity index (χ1n) is 8.49. The van der Waals surface area contributed by atoms with E-state index in [0.717, 1.165) is 12.3 Å². The molecule has 0 N–H and O–H groups in total. The standard InChI is InChI=1S/C17H19ClF3N5O/c1-11(2)26-16(27)15(18)13(10-23-26)24-5-7-25(8-6-24)14-4-3-12(9-22-14)17(19,20)21/h3-4,9-11H,5-8H2,1-2H3. The highest BCUT2D eigenvalue weighted by atomic mass is 35.5. The summed E-state index contributed by atoms with van der Waals surface area (Å²) in [5, 5.41) is 4.29. The zero-order valence-electron chi connectivity index (χ0n) is 14.9. The Kier molecular flexibility index (Phi) is 5.32. The highest BCUT2D eigenvalue weighted by Gasteiger charge is 2.31. The average Bonchev–Trinajstić information content (AvgIpc) is 2.63. The minimum absolute atomic E-state index is 0.0911. The van der Waals surface area contributed by atoms with Gasteiger partial charge in [0.1, 0.15) is 10.8 Å². The number of nitrogens with zero attached hydrogens (tertiary/aromatic N) is 5. The van der Waals surface area contributed by atoms with Crippen molar-refractivity contribution >= 4 is 23.1 Å². The van der Waals surface area contributed by atoms with E-state index < -0.39 is 11.7 Å². The Labute approximate surface area is 159 Å². The van der Waals surface area contributed by atoms with Crippen LogP contribution in [0.25, 0.3) is 0 Å². The molecule has 1 fully saturated rings. The fourth-order valence-corrected chi connectivity index (χ4v) is 3.20. The van der Waals surface area contributed by atoms with E-state index in [1.165, 1.54) is 10.7 Å². The average molecular weight is 402 g/mol. The molecule has 6 nitrogen and oxygen atoms in total. The molecule has 146 valence electrons. The van der Waals surface area contributed by atoms with Crippen LogP contribution in [0.5, 0.6) is 0 Å². The molecule has 3 heterocycles. The molecule has 0 atom stereocenters. The van der Waals surface area contributed by atoms with E-state index in [2.05, 4.69) is 10.1 Å². The highest BCUT2D eigenvalue weighted by molar-refractivity contribution is 6.33. The summed E-state index contributed by atoms with van der Waals surface area (Å²) in [7, 11) is 0. The first-order chi connectivity index (χ1) is 12.7. The smallest absolute Gasteiger partial charge is 0.365 e. The topological polar surface area (TPSA) is 54.3 Å². The molecule has 0 spiro atoms. The van der Waals surface area contributed by atoms with Gasteiger partial charge in [-0.05, 0) is 26.0 Å². The van der Waals surface area contributed by atoms with Crippen LogP contribution in [0.1, 0.15) is 25.5 Å². The number of hydrogen-bond acceptors (Lipinski definition) is 5. The zero-order valence-corrected chi connectivity index (χ0v) is 15.6. The maximum absolute atomic E-state index is 12.6. The van der Waals surface area contributed by atoms with Crippen LogP contribution in [0, 0.1) is 0 Å². The molecule has 0 saturated carbocycles. The molecule has 0 radical (unpaired) electrons. The molecular weight excluding hydrogens is 383 g/mol. The monoisotopic (exact) mass is 401 g/mol. The van der Waals surface area contributed by atoms with Gasteiger partial charge in [-0.2, -0.15) is 18.3 Å². The molecule has 0 aliphatic carbocycles. The Morgan fingerprint density at radius 3 is 2.22 bits per heavy atom. The number of halogens is 4. The Bertz CT molecular complexity index is 858. The summed E-state index contributed by atoms with van der Waals surface area (Å²) in [6.07, 6.45) is -1.98. The second-order valence-corrected chi connectivity index (χ2v) is 6.94. The summed E-state index contributed by atoms with van der Waals surface area (Å²) >= 11 is 6.24. The predicted octanol–water partition coefficient (Wildman–Crippen LogP) is 3.22. The van der Waals surface area contributed by atoms with Gasteiger partial charge in [0.25, 0.3) is 5.56 Å².